The Balaban J connectivity index is 0.000000283. The van der Waals surface area contributed by atoms with Crippen molar-refractivity contribution in [2.24, 2.45) is 0 Å². The zero-order valence-corrected chi connectivity index (χ0v) is 57.0. The van der Waals surface area contributed by atoms with E-state index in [9.17, 15) is 77.0 Å². The SMILES string of the molecule is COCC1(NC(=O)OC(C)(C)C)CC[C@@](CO[C@H](C)c2cc(C(F)(F)F)cc(C(F)(F)F)c2)(c2ccccc2)N(C(=O)OCc2ccccc2)C1.C[C@@H](OC[C@@]1(c2ccccc2)CCC(CO)(NC(=O)OC(C)(C)C)CN1C(=O)OCc1ccccc1)c1cc(C(F)(F)F)cc(C(F)(F)F)c1. The molecule has 2 aliphatic rings. The maximum atomic E-state index is 14.2. The van der Waals surface area contributed by atoms with E-state index >= 15 is 0 Å². The summed E-state index contributed by atoms with van der Waals surface area (Å²) in [6.45, 7) is 10.6. The van der Waals surface area contributed by atoms with Gasteiger partial charge in [-0.05, 0) is 151 Å². The number of nitrogens with zero attached hydrogens (tertiary/aromatic N) is 2. The lowest BCUT2D eigenvalue weighted by molar-refractivity contribution is -0.145. The molecule has 550 valence electrons. The largest absolute Gasteiger partial charge is 0.445 e. The van der Waals surface area contributed by atoms with Gasteiger partial charge in [-0.25, -0.2) is 19.2 Å². The zero-order valence-electron chi connectivity index (χ0n) is 57.0. The van der Waals surface area contributed by atoms with Gasteiger partial charge >= 0.3 is 49.1 Å². The van der Waals surface area contributed by atoms with E-state index in [4.69, 9.17) is 33.2 Å². The van der Waals surface area contributed by atoms with Crippen LogP contribution >= 0.6 is 0 Å². The summed E-state index contributed by atoms with van der Waals surface area (Å²) in [5, 5.41) is 16.2. The average Bonchev–Trinajstić information content (AvgIpc) is 0.749. The van der Waals surface area contributed by atoms with Crippen molar-refractivity contribution in [3.05, 3.63) is 213 Å². The minimum Gasteiger partial charge on any atom is -0.445 e. The molecule has 0 bridgehead atoms. The normalized spacial score (nSPS) is 20.5. The number of hydrogen-bond acceptors (Lipinski definition) is 12. The van der Waals surface area contributed by atoms with Gasteiger partial charge in [0.05, 0.1) is 96.1 Å². The molecule has 0 aromatic heterocycles. The molecule has 101 heavy (non-hydrogen) atoms. The zero-order chi connectivity index (χ0) is 74.6. The number of alkyl halides is 12. The van der Waals surface area contributed by atoms with Gasteiger partial charge in [0.1, 0.15) is 24.4 Å². The summed E-state index contributed by atoms with van der Waals surface area (Å²) in [6.07, 6.45) is -25.6. The molecule has 2 heterocycles. The molecule has 0 saturated carbocycles. The molecule has 0 spiro atoms. The second kappa shape index (κ2) is 32.2. The smallest absolute Gasteiger partial charge is 0.416 e. The third-order valence-corrected chi connectivity index (χ3v) is 17.0. The third-order valence-electron chi connectivity index (χ3n) is 17.0. The van der Waals surface area contributed by atoms with Gasteiger partial charge in [-0.15, -0.1) is 0 Å². The van der Waals surface area contributed by atoms with Crippen LogP contribution < -0.4 is 10.6 Å². The highest BCUT2D eigenvalue weighted by atomic mass is 19.4. The van der Waals surface area contributed by atoms with Crippen LogP contribution in [-0.2, 0) is 82.2 Å². The number of nitrogens with one attached hydrogen (secondary N) is 2. The van der Waals surface area contributed by atoms with E-state index in [1.54, 1.807) is 163 Å². The van der Waals surface area contributed by atoms with Crippen molar-refractivity contribution in [3.8, 4) is 0 Å². The highest BCUT2D eigenvalue weighted by Crippen LogP contribution is 2.47. The van der Waals surface area contributed by atoms with Crippen LogP contribution in [0, 0.1) is 0 Å². The molecule has 3 N–H and O–H groups in total. The molecule has 2 aliphatic heterocycles. The summed E-state index contributed by atoms with van der Waals surface area (Å²) in [5.74, 6) is 0. The molecule has 0 radical (unpaired) electrons. The summed E-state index contributed by atoms with van der Waals surface area (Å²) in [7, 11) is 1.44. The number of halogens is 12. The first-order chi connectivity index (χ1) is 47.0. The topological polar surface area (TPSA) is 184 Å². The highest BCUT2D eigenvalue weighted by molar-refractivity contribution is 5.73. The summed E-state index contributed by atoms with van der Waals surface area (Å²) >= 11 is 0. The number of likely N-dealkylation sites (tertiary alicyclic amines) is 2. The number of alkyl carbamates (subject to hydrolysis) is 2. The van der Waals surface area contributed by atoms with E-state index in [0.717, 1.165) is 0 Å². The Morgan fingerprint density at radius 2 is 0.762 bits per heavy atom. The second-order valence-corrected chi connectivity index (χ2v) is 27.0. The van der Waals surface area contributed by atoms with Gasteiger partial charge < -0.3 is 48.9 Å². The fraction of sp³-hybridized carbons (Fsp3) is 0.452. The number of rotatable bonds is 19. The molecule has 4 amide bonds. The Morgan fingerprint density at radius 1 is 0.455 bits per heavy atom. The van der Waals surface area contributed by atoms with Crippen molar-refractivity contribution in [1.82, 2.24) is 20.4 Å². The summed E-state index contributed by atoms with van der Waals surface area (Å²) in [5.41, 5.74) is -11.3. The number of carbonyl (C=O) groups is 4. The van der Waals surface area contributed by atoms with Crippen LogP contribution in [0.2, 0.25) is 0 Å². The molecule has 0 aliphatic carbocycles. The highest BCUT2D eigenvalue weighted by Gasteiger charge is 2.55. The van der Waals surface area contributed by atoms with Crippen molar-refractivity contribution >= 4 is 24.4 Å². The monoisotopic (exact) mass is 1430 g/mol. The van der Waals surface area contributed by atoms with Crippen LogP contribution in [0.1, 0.15) is 149 Å². The molecule has 8 rings (SSSR count). The van der Waals surface area contributed by atoms with Crippen LogP contribution in [-0.4, -0.2) is 108 Å². The molecular formula is C73H82F12N4O12. The van der Waals surface area contributed by atoms with Crippen LogP contribution in [0.4, 0.5) is 71.9 Å². The van der Waals surface area contributed by atoms with Gasteiger partial charge in [0.25, 0.3) is 0 Å². The van der Waals surface area contributed by atoms with Crippen LogP contribution in [0.25, 0.3) is 0 Å². The summed E-state index contributed by atoms with van der Waals surface area (Å²) < 4.78 is 204. The van der Waals surface area contributed by atoms with Crippen LogP contribution in [0.5, 0.6) is 0 Å². The Labute approximate surface area is 577 Å². The first-order valence-electron chi connectivity index (χ1n) is 32.1. The molecule has 2 fully saturated rings. The van der Waals surface area contributed by atoms with E-state index in [2.05, 4.69) is 10.6 Å². The molecule has 6 aromatic rings. The molecule has 6 aromatic carbocycles. The number of carbonyl (C=O) groups excluding carboxylic acids is 4. The van der Waals surface area contributed by atoms with Crippen molar-refractivity contribution in [2.45, 2.75) is 165 Å². The van der Waals surface area contributed by atoms with E-state index in [1.807, 2.05) is 0 Å². The fourth-order valence-electron chi connectivity index (χ4n) is 11.9. The maximum Gasteiger partial charge on any atom is 0.416 e. The van der Waals surface area contributed by atoms with Crippen LogP contribution in [0.3, 0.4) is 0 Å². The molecule has 28 heteroatoms. The lowest BCUT2D eigenvalue weighted by Gasteiger charge is -2.53. The molecule has 6 atom stereocenters. The van der Waals surface area contributed by atoms with Gasteiger partial charge in [0.15, 0.2) is 0 Å². The first kappa shape index (κ1) is 79.7. The van der Waals surface area contributed by atoms with E-state index in [0.29, 0.717) is 46.5 Å². The molecule has 2 saturated heterocycles. The predicted molar refractivity (Wildman–Crippen MR) is 346 cm³/mol. The average molecular weight is 1440 g/mol. The molecular weight excluding hydrogens is 1350 g/mol. The number of aliphatic hydroxyl groups is 1. The minimum absolute atomic E-state index is 0.0247. The van der Waals surface area contributed by atoms with Crippen LogP contribution in [0.15, 0.2) is 158 Å². The quantitative estimate of drug-likeness (QED) is 0.0516. The predicted octanol–water partition coefficient (Wildman–Crippen LogP) is 17.4. The number of piperidine rings is 2. The van der Waals surface area contributed by atoms with Crippen molar-refractivity contribution in [3.63, 3.8) is 0 Å². The number of methoxy groups -OCH3 is 1. The van der Waals surface area contributed by atoms with E-state index < -0.39 is 130 Å². The first-order valence-corrected chi connectivity index (χ1v) is 32.1. The number of hydrogen-bond donors (Lipinski definition) is 3. The number of amides is 4. The number of ether oxygens (including phenoxy) is 7. The maximum absolute atomic E-state index is 14.2. The number of benzene rings is 6. The molecule has 2 unspecified atom stereocenters. The summed E-state index contributed by atoms with van der Waals surface area (Å²) in [6, 6.07) is 37.4. The Hall–Kier alpha value is -8.60. The minimum atomic E-state index is -5.06. The lowest BCUT2D eigenvalue weighted by Crippen LogP contribution is -2.68. The van der Waals surface area contributed by atoms with E-state index in [-0.39, 0.29) is 88.5 Å². The van der Waals surface area contributed by atoms with Gasteiger partial charge in [0.2, 0.25) is 0 Å². The number of aliphatic hydroxyl groups excluding tert-OH is 1. The van der Waals surface area contributed by atoms with Gasteiger partial charge in [-0.3, -0.25) is 9.80 Å². The molecule has 16 nitrogen and oxygen atoms in total. The standard InChI is InChI=1S/C37H42F6N2O6.C36H40F6N2O6/c1-25(27-18-29(36(38,39)40)20-30(19-27)37(41,42)43)50-24-35(28-14-10-7-11-15-28)17-16-34(23-48-5,44-31(46)51-33(2,3)4)22-45(35)32(47)49-21-26-12-8-6-9-13-26;1-24(26-17-28(35(37,38)39)19-29(18-26)36(40,41)42)49-23-34(27-13-9-6-10-14-27)16-15-33(22-45,43-30(46)50-32(2,3)4)21-44(34)31(47)48-20-25-11-7-5-8-12-25/h6-15,18-20,25H,16-17,21-24H2,1-5H3,(H,44,46);5-14,17-19,24,45H,15-16,20-23H2,1-4H3,(H,43,46)/t25-,34?,35-;24-,33?,34-/m11/s1. The second-order valence-electron chi connectivity index (χ2n) is 27.0. The Morgan fingerprint density at radius 3 is 1.07 bits per heavy atom. The third kappa shape index (κ3) is 21.5. The van der Waals surface area contributed by atoms with Gasteiger partial charge in [0, 0.05) is 7.11 Å². The van der Waals surface area contributed by atoms with E-state index in [1.165, 1.54) is 30.8 Å². The Bertz CT molecular complexity index is 3660. The Kier molecular flexibility index (Phi) is 25.4. The van der Waals surface area contributed by atoms with Gasteiger partial charge in [-0.1, -0.05) is 121 Å². The van der Waals surface area contributed by atoms with Crippen molar-refractivity contribution < 1.29 is 110 Å². The lowest BCUT2D eigenvalue weighted by atomic mass is 9.75. The fourth-order valence-corrected chi connectivity index (χ4v) is 11.9. The van der Waals surface area contributed by atoms with Crippen molar-refractivity contribution in [2.75, 3.05) is 46.6 Å². The van der Waals surface area contributed by atoms with Gasteiger partial charge in [-0.2, -0.15) is 52.7 Å². The summed E-state index contributed by atoms with van der Waals surface area (Å²) in [4.78, 5) is 56.9. The van der Waals surface area contributed by atoms with Crippen molar-refractivity contribution in [1.29, 1.82) is 0 Å².